The summed E-state index contributed by atoms with van der Waals surface area (Å²) in [6.07, 6.45) is 2.28. The van der Waals surface area contributed by atoms with Crippen molar-refractivity contribution in [1.82, 2.24) is 9.88 Å². The summed E-state index contributed by atoms with van der Waals surface area (Å²) in [5.74, 6) is 0.730. The number of likely N-dealkylation sites (tertiary alicyclic amines) is 1. The van der Waals surface area contributed by atoms with Gasteiger partial charge in [0, 0.05) is 18.5 Å². The number of amides is 1. The van der Waals surface area contributed by atoms with Crippen LogP contribution in [0.25, 0.3) is 10.9 Å². The number of benzene rings is 1. The van der Waals surface area contributed by atoms with E-state index in [-0.39, 0.29) is 5.91 Å². The quantitative estimate of drug-likeness (QED) is 0.806. The fourth-order valence-electron chi connectivity index (χ4n) is 3.05. The van der Waals surface area contributed by atoms with E-state index in [9.17, 15) is 4.79 Å². The van der Waals surface area contributed by atoms with Crippen molar-refractivity contribution in [3.8, 4) is 0 Å². The summed E-state index contributed by atoms with van der Waals surface area (Å²) >= 11 is 1.57. The van der Waals surface area contributed by atoms with Gasteiger partial charge in [-0.3, -0.25) is 4.79 Å². The molecule has 2 aromatic rings. The number of nitrogens with zero attached hydrogens (tertiary/aromatic N) is 2. The predicted octanol–water partition coefficient (Wildman–Crippen LogP) is 3.87. The van der Waals surface area contributed by atoms with Crippen LogP contribution in [0.3, 0.4) is 0 Å². The number of hydrogen-bond donors (Lipinski definition) is 0. The van der Waals surface area contributed by atoms with Gasteiger partial charge in [-0.25, -0.2) is 4.98 Å². The average Bonchev–Trinajstić information content (AvgIpc) is 3.00. The lowest BCUT2D eigenvalue weighted by atomic mass is 10.1. The van der Waals surface area contributed by atoms with Crippen molar-refractivity contribution >= 4 is 28.6 Å². The highest BCUT2D eigenvalue weighted by molar-refractivity contribution is 7.99. The second-order valence-electron chi connectivity index (χ2n) is 6.14. The lowest BCUT2D eigenvalue weighted by Gasteiger charge is -2.15. The van der Waals surface area contributed by atoms with Gasteiger partial charge in [-0.1, -0.05) is 17.8 Å². The van der Waals surface area contributed by atoms with Crippen LogP contribution in [-0.2, 0) is 4.79 Å². The Morgan fingerprint density at radius 3 is 2.59 bits per heavy atom. The van der Waals surface area contributed by atoms with Gasteiger partial charge in [0.25, 0.3) is 0 Å². The molecule has 0 N–H and O–H groups in total. The Bertz CT molecular complexity index is 721. The molecule has 1 amide bonds. The third-order valence-corrected chi connectivity index (χ3v) is 5.30. The van der Waals surface area contributed by atoms with E-state index in [1.54, 1.807) is 11.8 Å². The monoisotopic (exact) mass is 314 g/mol. The number of rotatable bonds is 3. The van der Waals surface area contributed by atoms with E-state index in [4.69, 9.17) is 4.98 Å². The van der Waals surface area contributed by atoms with Crippen LogP contribution >= 0.6 is 11.8 Å². The summed E-state index contributed by atoms with van der Waals surface area (Å²) in [6.45, 7) is 8.14. The molecule has 0 aliphatic carbocycles. The third-order valence-electron chi connectivity index (χ3n) is 4.22. The second kappa shape index (κ2) is 6.29. The van der Waals surface area contributed by atoms with E-state index in [0.717, 1.165) is 42.0 Å². The SMILES string of the molecule is Cc1cc(C)c2cc(C)c(SCC(=O)N3CCCC3)nc2c1. The molecule has 0 bridgehead atoms. The third kappa shape index (κ3) is 3.12. The molecular weight excluding hydrogens is 292 g/mol. The molecule has 1 saturated heterocycles. The van der Waals surface area contributed by atoms with Crippen molar-refractivity contribution in [2.45, 2.75) is 38.6 Å². The van der Waals surface area contributed by atoms with E-state index in [1.807, 2.05) is 4.90 Å². The van der Waals surface area contributed by atoms with Gasteiger partial charge in [0.05, 0.1) is 11.3 Å². The van der Waals surface area contributed by atoms with Crippen LogP contribution in [0.2, 0.25) is 0 Å². The van der Waals surface area contributed by atoms with Crippen molar-refractivity contribution in [3.63, 3.8) is 0 Å². The fourth-order valence-corrected chi connectivity index (χ4v) is 3.94. The summed E-state index contributed by atoms with van der Waals surface area (Å²) in [5.41, 5.74) is 4.67. The van der Waals surface area contributed by atoms with Gasteiger partial charge in [0.2, 0.25) is 5.91 Å². The molecule has 22 heavy (non-hydrogen) atoms. The molecule has 0 atom stereocenters. The van der Waals surface area contributed by atoms with E-state index in [2.05, 4.69) is 39.0 Å². The van der Waals surface area contributed by atoms with E-state index in [1.165, 1.54) is 16.5 Å². The Balaban J connectivity index is 1.81. The number of carbonyl (C=O) groups is 1. The number of hydrogen-bond acceptors (Lipinski definition) is 3. The van der Waals surface area contributed by atoms with Gasteiger partial charge >= 0.3 is 0 Å². The molecular formula is C18H22N2OS. The Hall–Kier alpha value is -1.55. The largest absolute Gasteiger partial charge is 0.342 e. The van der Waals surface area contributed by atoms with Crippen molar-refractivity contribution in [3.05, 3.63) is 34.9 Å². The predicted molar refractivity (Wildman–Crippen MR) is 92.5 cm³/mol. The Morgan fingerprint density at radius 2 is 1.86 bits per heavy atom. The minimum absolute atomic E-state index is 0.240. The molecule has 1 fully saturated rings. The molecule has 1 aromatic heterocycles. The number of pyridine rings is 1. The van der Waals surface area contributed by atoms with Crippen LogP contribution in [0.4, 0.5) is 0 Å². The zero-order chi connectivity index (χ0) is 15.7. The van der Waals surface area contributed by atoms with Crippen molar-refractivity contribution in [2.75, 3.05) is 18.8 Å². The highest BCUT2D eigenvalue weighted by Crippen LogP contribution is 2.27. The fraction of sp³-hybridized carbons (Fsp3) is 0.444. The maximum absolute atomic E-state index is 12.2. The maximum atomic E-state index is 12.2. The van der Waals surface area contributed by atoms with Gasteiger partial charge in [-0.15, -0.1) is 0 Å². The number of carbonyl (C=O) groups excluding carboxylic acids is 1. The second-order valence-corrected chi connectivity index (χ2v) is 7.10. The molecule has 3 nitrogen and oxygen atoms in total. The van der Waals surface area contributed by atoms with Crippen molar-refractivity contribution in [1.29, 1.82) is 0 Å². The van der Waals surface area contributed by atoms with E-state index in [0.29, 0.717) is 5.75 Å². The molecule has 4 heteroatoms. The van der Waals surface area contributed by atoms with Crippen LogP contribution in [-0.4, -0.2) is 34.6 Å². The van der Waals surface area contributed by atoms with Crippen LogP contribution in [0.15, 0.2) is 23.2 Å². The summed E-state index contributed by atoms with van der Waals surface area (Å²) in [4.78, 5) is 18.9. The first-order chi connectivity index (χ1) is 10.5. The highest BCUT2D eigenvalue weighted by atomic mass is 32.2. The number of aryl methyl sites for hydroxylation is 3. The normalized spacial score (nSPS) is 14.8. The first kappa shape index (κ1) is 15.3. The first-order valence-corrected chi connectivity index (χ1v) is 8.82. The summed E-state index contributed by atoms with van der Waals surface area (Å²) in [6, 6.07) is 6.50. The molecule has 0 unspecified atom stereocenters. The summed E-state index contributed by atoms with van der Waals surface area (Å²) < 4.78 is 0. The lowest BCUT2D eigenvalue weighted by molar-refractivity contribution is -0.127. The first-order valence-electron chi connectivity index (χ1n) is 7.84. The zero-order valence-corrected chi connectivity index (χ0v) is 14.3. The zero-order valence-electron chi connectivity index (χ0n) is 13.5. The highest BCUT2D eigenvalue weighted by Gasteiger charge is 2.18. The smallest absolute Gasteiger partial charge is 0.232 e. The van der Waals surface area contributed by atoms with Crippen LogP contribution < -0.4 is 0 Å². The molecule has 0 radical (unpaired) electrons. The number of fused-ring (bicyclic) bond motifs is 1. The van der Waals surface area contributed by atoms with E-state index >= 15 is 0 Å². The van der Waals surface area contributed by atoms with Crippen LogP contribution in [0.1, 0.15) is 29.5 Å². The topological polar surface area (TPSA) is 33.2 Å². The average molecular weight is 314 g/mol. The van der Waals surface area contributed by atoms with Gasteiger partial charge in [-0.2, -0.15) is 0 Å². The summed E-state index contributed by atoms with van der Waals surface area (Å²) in [5, 5.41) is 2.18. The standard InChI is InChI=1S/C18H22N2OS/c1-12-8-13(2)15-10-14(3)18(19-16(15)9-12)22-11-17(21)20-6-4-5-7-20/h8-10H,4-7,11H2,1-3H3. The molecule has 1 aliphatic heterocycles. The Kier molecular flexibility index (Phi) is 4.39. The Labute approximate surface area is 136 Å². The number of aromatic nitrogens is 1. The van der Waals surface area contributed by atoms with Crippen LogP contribution in [0.5, 0.6) is 0 Å². The maximum Gasteiger partial charge on any atom is 0.232 e. The lowest BCUT2D eigenvalue weighted by Crippen LogP contribution is -2.29. The molecule has 0 saturated carbocycles. The van der Waals surface area contributed by atoms with Gasteiger partial charge in [0.15, 0.2) is 0 Å². The minimum atomic E-state index is 0.240. The molecule has 0 spiro atoms. The van der Waals surface area contributed by atoms with E-state index < -0.39 is 0 Å². The minimum Gasteiger partial charge on any atom is -0.342 e. The Morgan fingerprint density at radius 1 is 1.14 bits per heavy atom. The molecule has 1 aromatic carbocycles. The van der Waals surface area contributed by atoms with Gasteiger partial charge < -0.3 is 4.90 Å². The van der Waals surface area contributed by atoms with Crippen molar-refractivity contribution < 1.29 is 4.79 Å². The summed E-state index contributed by atoms with van der Waals surface area (Å²) in [7, 11) is 0. The molecule has 2 heterocycles. The molecule has 3 rings (SSSR count). The molecule has 116 valence electrons. The number of thioether (sulfide) groups is 1. The van der Waals surface area contributed by atoms with Crippen LogP contribution in [0, 0.1) is 20.8 Å². The van der Waals surface area contributed by atoms with Crippen molar-refractivity contribution in [2.24, 2.45) is 0 Å². The molecule has 1 aliphatic rings. The van der Waals surface area contributed by atoms with Gasteiger partial charge in [0.1, 0.15) is 5.03 Å². The van der Waals surface area contributed by atoms with Gasteiger partial charge in [-0.05, 0) is 62.4 Å².